The Morgan fingerprint density at radius 1 is 0.966 bits per heavy atom. The van der Waals surface area contributed by atoms with Crippen molar-refractivity contribution in [3.63, 3.8) is 0 Å². The highest BCUT2D eigenvalue weighted by molar-refractivity contribution is 7.80. The van der Waals surface area contributed by atoms with Gasteiger partial charge in [0.15, 0.2) is 0 Å². The topological polar surface area (TPSA) is 21.7 Å². The molecular weight excluding hydrogens is 396 g/mol. The van der Waals surface area contributed by atoms with Gasteiger partial charge in [-0.15, -0.1) is 0 Å². The van der Waals surface area contributed by atoms with Gasteiger partial charge in [-0.1, -0.05) is 44.5 Å². The number of unbranched alkanes of at least 4 members (excludes halogenated alkanes) is 1. The monoisotopic (exact) mass is 431 g/mol. The van der Waals surface area contributed by atoms with E-state index in [-0.39, 0.29) is 8.07 Å². The maximum absolute atomic E-state index is 5.85. The van der Waals surface area contributed by atoms with Crippen molar-refractivity contribution in [1.29, 1.82) is 0 Å². The van der Waals surface area contributed by atoms with Crippen molar-refractivity contribution in [3.8, 4) is 11.5 Å². The summed E-state index contributed by atoms with van der Waals surface area (Å²) in [5.41, 5.74) is 0.844. The predicted molar refractivity (Wildman–Crippen MR) is 129 cm³/mol. The lowest BCUT2D eigenvalue weighted by Crippen LogP contribution is -2.29. The van der Waals surface area contributed by atoms with Crippen molar-refractivity contribution in [2.24, 2.45) is 0 Å². The largest absolute Gasteiger partial charge is 0.496 e. The smallest absolute Gasteiger partial charge is 0.128 e. The second-order valence-electron chi connectivity index (χ2n) is 7.47. The Morgan fingerprint density at radius 3 is 2.07 bits per heavy atom. The van der Waals surface area contributed by atoms with Crippen LogP contribution in [0.15, 0.2) is 48.5 Å². The van der Waals surface area contributed by atoms with Crippen LogP contribution < -0.4 is 20.1 Å². The minimum Gasteiger partial charge on any atom is -0.496 e. The predicted octanol–water partition coefficient (Wildman–Crippen LogP) is 6.12. The van der Waals surface area contributed by atoms with Crippen LogP contribution in [0.2, 0.25) is 0 Å². The summed E-state index contributed by atoms with van der Waals surface area (Å²) in [6.07, 6.45) is 7.85. The van der Waals surface area contributed by atoms with Crippen molar-refractivity contribution in [2.45, 2.75) is 51.6 Å². The van der Waals surface area contributed by atoms with Crippen molar-refractivity contribution in [1.82, 2.24) is 4.44 Å². The highest BCUT2D eigenvalue weighted by atomic mass is 31.2. The van der Waals surface area contributed by atoms with E-state index in [4.69, 9.17) is 9.47 Å². The molecule has 0 spiro atoms. The van der Waals surface area contributed by atoms with Gasteiger partial charge in [-0.25, -0.2) is 0 Å². The van der Waals surface area contributed by atoms with E-state index in [9.17, 15) is 0 Å². The summed E-state index contributed by atoms with van der Waals surface area (Å²) in [7, 11) is 2.72. The van der Waals surface area contributed by atoms with Gasteiger partial charge in [-0.3, -0.25) is 4.44 Å². The van der Waals surface area contributed by atoms with Crippen molar-refractivity contribution < 1.29 is 9.47 Å². The molecule has 1 unspecified atom stereocenters. The molecule has 3 rings (SSSR count). The number of hydrogen-bond acceptors (Lipinski definition) is 3. The lowest BCUT2D eigenvalue weighted by molar-refractivity contribution is 0.417. The van der Waals surface area contributed by atoms with Crippen LogP contribution in [0.4, 0.5) is 0 Å². The first-order valence-electron chi connectivity index (χ1n) is 10.8. The van der Waals surface area contributed by atoms with Gasteiger partial charge in [-0.2, -0.15) is 0 Å². The van der Waals surface area contributed by atoms with Crippen LogP contribution >= 0.6 is 16.1 Å². The summed E-state index contributed by atoms with van der Waals surface area (Å²) in [5, 5.41) is 2.63. The minimum absolute atomic E-state index is 0.154. The molecule has 2 aromatic carbocycles. The molecule has 1 saturated heterocycles. The first kappa shape index (κ1) is 22.5. The average molecular weight is 431 g/mol. The molecule has 2 atom stereocenters. The number of ether oxygens (including phenoxy) is 2. The Labute approximate surface area is 179 Å². The quantitative estimate of drug-likeness (QED) is 0.423. The van der Waals surface area contributed by atoms with Gasteiger partial charge >= 0.3 is 0 Å². The van der Waals surface area contributed by atoms with Gasteiger partial charge in [0, 0.05) is 25.2 Å². The van der Waals surface area contributed by atoms with Crippen LogP contribution in [0, 0.1) is 0 Å². The maximum atomic E-state index is 5.85. The molecule has 0 N–H and O–H groups in total. The number of hydrogen-bond donors (Lipinski definition) is 0. The first-order valence-corrected chi connectivity index (χ1v) is 13.7. The first-order chi connectivity index (χ1) is 14.2. The second kappa shape index (κ2) is 11.3. The van der Waals surface area contributed by atoms with Crippen LogP contribution in [0.5, 0.6) is 11.5 Å². The zero-order valence-corrected chi connectivity index (χ0v) is 20.1. The molecule has 1 aliphatic rings. The Balaban J connectivity index is 2.15. The van der Waals surface area contributed by atoms with Gasteiger partial charge in [0.2, 0.25) is 0 Å². The zero-order valence-electron chi connectivity index (χ0n) is 18.3. The SMILES string of the molecule is CCCCN(P(c1ccccc1OC)c1ccccc1OC)P1CCC[C@H]1CC. The summed E-state index contributed by atoms with van der Waals surface area (Å²) >= 11 is 0. The fourth-order valence-corrected chi connectivity index (χ4v) is 11.5. The van der Waals surface area contributed by atoms with E-state index in [2.05, 4.69) is 66.8 Å². The van der Waals surface area contributed by atoms with E-state index in [1.54, 1.807) is 14.2 Å². The van der Waals surface area contributed by atoms with Gasteiger partial charge in [0.25, 0.3) is 0 Å². The van der Waals surface area contributed by atoms with Crippen LogP contribution in [-0.4, -0.2) is 37.0 Å². The van der Waals surface area contributed by atoms with Crippen LogP contribution in [-0.2, 0) is 0 Å². The molecule has 29 heavy (non-hydrogen) atoms. The molecular formula is C24H35NO2P2. The molecule has 0 saturated carbocycles. The Kier molecular flexibility index (Phi) is 8.79. The van der Waals surface area contributed by atoms with Gasteiger partial charge in [0.05, 0.1) is 14.2 Å². The summed E-state index contributed by atoms with van der Waals surface area (Å²) in [4.78, 5) is 0. The number of para-hydroxylation sites is 2. The Bertz CT molecular complexity index is 723. The molecule has 0 aromatic heterocycles. The van der Waals surface area contributed by atoms with Gasteiger partial charge < -0.3 is 9.47 Å². The molecule has 2 aromatic rings. The van der Waals surface area contributed by atoms with Gasteiger partial charge in [-0.05, 0) is 69.8 Å². The summed E-state index contributed by atoms with van der Waals surface area (Å²) in [6, 6.07) is 17.2. The fourth-order valence-electron chi connectivity index (χ4n) is 4.17. The normalized spacial score (nSPS) is 19.1. The molecule has 3 nitrogen and oxygen atoms in total. The van der Waals surface area contributed by atoms with Crippen molar-refractivity contribution >= 4 is 26.8 Å². The van der Waals surface area contributed by atoms with Crippen molar-refractivity contribution in [3.05, 3.63) is 48.5 Å². The van der Waals surface area contributed by atoms with Crippen LogP contribution in [0.25, 0.3) is 0 Å². The lowest BCUT2D eigenvalue weighted by atomic mass is 10.2. The number of benzene rings is 2. The zero-order chi connectivity index (χ0) is 20.6. The van der Waals surface area contributed by atoms with E-state index in [0.29, 0.717) is 0 Å². The van der Waals surface area contributed by atoms with E-state index in [0.717, 1.165) is 23.7 Å². The third kappa shape index (κ3) is 5.13. The molecule has 1 fully saturated rings. The van der Waals surface area contributed by atoms with Crippen molar-refractivity contribution in [2.75, 3.05) is 26.9 Å². The number of methoxy groups -OCH3 is 2. The second-order valence-corrected chi connectivity index (χ2v) is 12.4. The van der Waals surface area contributed by atoms with Gasteiger partial charge in [0.1, 0.15) is 11.5 Å². The lowest BCUT2D eigenvalue weighted by Gasteiger charge is -2.40. The minimum atomic E-state index is -0.710. The van der Waals surface area contributed by atoms with E-state index >= 15 is 0 Å². The fraction of sp³-hybridized carbons (Fsp3) is 0.500. The van der Waals surface area contributed by atoms with E-state index in [1.165, 1.54) is 48.9 Å². The summed E-state index contributed by atoms with van der Waals surface area (Å²) < 4.78 is 14.6. The molecule has 1 heterocycles. The molecule has 0 amide bonds. The number of rotatable bonds is 10. The molecule has 0 bridgehead atoms. The standard InChI is InChI=1S/C24H35NO2P2/c1-5-7-18-25(28-19-12-13-20(28)6-2)29(23-16-10-8-14-21(23)26-3)24-17-11-9-15-22(24)27-4/h8-11,14-17,20H,5-7,12-13,18-19H2,1-4H3/t20-,28?/m1/s1. The highest BCUT2D eigenvalue weighted by Gasteiger charge is 2.37. The van der Waals surface area contributed by atoms with Crippen LogP contribution in [0.3, 0.4) is 0 Å². The van der Waals surface area contributed by atoms with E-state index < -0.39 is 8.07 Å². The summed E-state index contributed by atoms with van der Waals surface area (Å²) in [5.74, 6) is 1.99. The molecule has 0 radical (unpaired) electrons. The molecule has 158 valence electrons. The number of nitrogens with zero attached hydrogens (tertiary/aromatic N) is 1. The van der Waals surface area contributed by atoms with E-state index in [1.807, 2.05) is 0 Å². The molecule has 0 aliphatic carbocycles. The van der Waals surface area contributed by atoms with Crippen LogP contribution in [0.1, 0.15) is 46.0 Å². The third-order valence-electron chi connectivity index (χ3n) is 5.68. The molecule has 1 aliphatic heterocycles. The Hall–Kier alpha value is -1.14. The summed E-state index contributed by atoms with van der Waals surface area (Å²) in [6.45, 7) is 5.82. The highest BCUT2D eigenvalue weighted by Crippen LogP contribution is 2.64. The third-order valence-corrected chi connectivity index (χ3v) is 12.3. The maximum Gasteiger partial charge on any atom is 0.128 e. The Morgan fingerprint density at radius 2 is 1.55 bits per heavy atom. The molecule has 5 heteroatoms. The average Bonchev–Trinajstić information content (AvgIpc) is 3.25.